The number of hydrogen-bond acceptors (Lipinski definition) is 3. The van der Waals surface area contributed by atoms with Crippen molar-refractivity contribution >= 4 is 11.9 Å². The first-order valence-corrected chi connectivity index (χ1v) is 11.3. The van der Waals surface area contributed by atoms with Crippen molar-refractivity contribution < 1.29 is 13.9 Å². The lowest BCUT2D eigenvalue weighted by molar-refractivity contribution is -0.120. The van der Waals surface area contributed by atoms with Crippen LogP contribution in [-0.4, -0.2) is 37.6 Å². The number of amides is 1. The standard InChI is InChI=1S/C25H31FN4O2/c1-27-24(29-14-13-28-23(31)16-18-7-6-8-19(26)15-18)30-21-17-25(11-4-5-12-25)32-22-10-3-2-9-20(21)22/h2-3,6-10,15,21H,4-5,11-14,16-17H2,1H3,(H,28,31)(H2,27,29,30). The van der Waals surface area contributed by atoms with Gasteiger partial charge in [-0.3, -0.25) is 9.79 Å². The molecular weight excluding hydrogens is 407 g/mol. The number of hydrogen-bond donors (Lipinski definition) is 3. The van der Waals surface area contributed by atoms with E-state index in [0.717, 1.165) is 30.6 Å². The smallest absolute Gasteiger partial charge is 0.224 e. The Hall–Kier alpha value is -3.09. The van der Waals surface area contributed by atoms with Crippen molar-refractivity contribution in [2.24, 2.45) is 4.99 Å². The molecule has 1 spiro atoms. The van der Waals surface area contributed by atoms with Gasteiger partial charge >= 0.3 is 0 Å². The Balaban J connectivity index is 1.28. The van der Waals surface area contributed by atoms with Crippen LogP contribution in [0, 0.1) is 5.82 Å². The molecule has 1 amide bonds. The first-order valence-electron chi connectivity index (χ1n) is 11.3. The van der Waals surface area contributed by atoms with Gasteiger partial charge in [-0.2, -0.15) is 0 Å². The Morgan fingerprint density at radius 2 is 1.91 bits per heavy atom. The Kier molecular flexibility index (Phi) is 6.93. The molecule has 2 aromatic carbocycles. The molecule has 1 fully saturated rings. The molecule has 1 aliphatic heterocycles. The summed E-state index contributed by atoms with van der Waals surface area (Å²) >= 11 is 0. The van der Waals surface area contributed by atoms with Gasteiger partial charge in [0, 0.05) is 32.1 Å². The molecular formula is C25H31FN4O2. The van der Waals surface area contributed by atoms with Crippen molar-refractivity contribution in [2.75, 3.05) is 20.1 Å². The average Bonchev–Trinajstić information content (AvgIpc) is 3.23. The van der Waals surface area contributed by atoms with Crippen molar-refractivity contribution in [3.8, 4) is 5.75 Å². The Labute approximate surface area is 188 Å². The third-order valence-corrected chi connectivity index (χ3v) is 6.24. The highest BCUT2D eigenvalue weighted by Gasteiger charge is 2.43. The minimum Gasteiger partial charge on any atom is -0.487 e. The minimum absolute atomic E-state index is 0.0875. The third kappa shape index (κ3) is 5.39. The van der Waals surface area contributed by atoms with Crippen LogP contribution in [0.3, 0.4) is 0 Å². The van der Waals surface area contributed by atoms with Gasteiger partial charge in [0.1, 0.15) is 17.2 Å². The van der Waals surface area contributed by atoms with Crippen LogP contribution in [-0.2, 0) is 11.2 Å². The van der Waals surface area contributed by atoms with E-state index in [1.54, 1.807) is 19.2 Å². The molecule has 0 radical (unpaired) electrons. The van der Waals surface area contributed by atoms with Gasteiger partial charge in [0.25, 0.3) is 0 Å². The van der Waals surface area contributed by atoms with E-state index >= 15 is 0 Å². The van der Waals surface area contributed by atoms with Crippen LogP contribution in [0.4, 0.5) is 4.39 Å². The largest absolute Gasteiger partial charge is 0.487 e. The molecule has 32 heavy (non-hydrogen) atoms. The van der Waals surface area contributed by atoms with Crippen LogP contribution in [0.5, 0.6) is 5.75 Å². The van der Waals surface area contributed by atoms with E-state index in [4.69, 9.17) is 4.74 Å². The van der Waals surface area contributed by atoms with Crippen LogP contribution < -0.4 is 20.7 Å². The summed E-state index contributed by atoms with van der Waals surface area (Å²) in [6.07, 6.45) is 5.65. The summed E-state index contributed by atoms with van der Waals surface area (Å²) in [4.78, 5) is 16.5. The lowest BCUT2D eigenvalue weighted by Crippen LogP contribution is -2.47. The Bertz CT molecular complexity index is 972. The molecule has 1 saturated carbocycles. The maximum Gasteiger partial charge on any atom is 0.224 e. The van der Waals surface area contributed by atoms with Gasteiger partial charge < -0.3 is 20.7 Å². The zero-order valence-corrected chi connectivity index (χ0v) is 18.5. The predicted molar refractivity (Wildman–Crippen MR) is 123 cm³/mol. The van der Waals surface area contributed by atoms with Gasteiger partial charge in [0.15, 0.2) is 5.96 Å². The van der Waals surface area contributed by atoms with E-state index in [0.29, 0.717) is 24.6 Å². The summed E-state index contributed by atoms with van der Waals surface area (Å²) < 4.78 is 19.7. The number of nitrogens with zero attached hydrogens (tertiary/aromatic N) is 1. The molecule has 2 aliphatic rings. The molecule has 0 bridgehead atoms. The Morgan fingerprint density at radius 3 is 2.69 bits per heavy atom. The number of para-hydroxylation sites is 1. The van der Waals surface area contributed by atoms with E-state index < -0.39 is 0 Å². The zero-order chi connectivity index (χ0) is 22.4. The molecule has 1 aliphatic carbocycles. The van der Waals surface area contributed by atoms with E-state index in [1.165, 1.54) is 25.0 Å². The predicted octanol–water partition coefficient (Wildman–Crippen LogP) is 3.49. The van der Waals surface area contributed by atoms with E-state index in [9.17, 15) is 9.18 Å². The van der Waals surface area contributed by atoms with Crippen LogP contribution in [0.2, 0.25) is 0 Å². The average molecular weight is 439 g/mol. The highest BCUT2D eigenvalue weighted by atomic mass is 19.1. The van der Waals surface area contributed by atoms with Gasteiger partial charge in [-0.1, -0.05) is 30.3 Å². The summed E-state index contributed by atoms with van der Waals surface area (Å²) in [6.45, 7) is 0.980. The highest BCUT2D eigenvalue weighted by Crippen LogP contribution is 2.46. The summed E-state index contributed by atoms with van der Waals surface area (Å²) in [5.74, 6) is 1.18. The lowest BCUT2D eigenvalue weighted by atomic mass is 9.86. The van der Waals surface area contributed by atoms with Crippen molar-refractivity contribution in [3.05, 3.63) is 65.5 Å². The van der Waals surface area contributed by atoms with Crippen LogP contribution >= 0.6 is 0 Å². The molecule has 1 heterocycles. The number of ether oxygens (including phenoxy) is 1. The van der Waals surface area contributed by atoms with E-state index in [1.807, 2.05) is 18.2 Å². The van der Waals surface area contributed by atoms with E-state index in [-0.39, 0.29) is 29.8 Å². The third-order valence-electron chi connectivity index (χ3n) is 6.24. The topological polar surface area (TPSA) is 74.8 Å². The van der Waals surface area contributed by atoms with Gasteiger partial charge in [-0.05, 0) is 49.4 Å². The molecule has 0 saturated heterocycles. The number of aliphatic imine (C=N–C) groups is 1. The van der Waals surface area contributed by atoms with Crippen molar-refractivity contribution in [1.29, 1.82) is 0 Å². The number of nitrogens with one attached hydrogen (secondary N) is 3. The lowest BCUT2D eigenvalue weighted by Gasteiger charge is -2.40. The second kappa shape index (κ2) is 10.0. The van der Waals surface area contributed by atoms with Crippen molar-refractivity contribution in [2.45, 2.75) is 50.2 Å². The second-order valence-corrected chi connectivity index (χ2v) is 8.59. The molecule has 0 aromatic heterocycles. The summed E-state index contributed by atoms with van der Waals surface area (Å²) in [5.41, 5.74) is 1.72. The monoisotopic (exact) mass is 438 g/mol. The van der Waals surface area contributed by atoms with Crippen molar-refractivity contribution in [3.63, 3.8) is 0 Å². The molecule has 1 atom stereocenters. The Morgan fingerprint density at radius 1 is 1.12 bits per heavy atom. The fourth-order valence-electron chi connectivity index (χ4n) is 4.71. The number of carbonyl (C=O) groups excluding carboxylic acids is 1. The molecule has 7 heteroatoms. The number of fused-ring (bicyclic) bond motifs is 1. The molecule has 4 rings (SSSR count). The number of halogens is 1. The molecule has 1 unspecified atom stereocenters. The number of benzene rings is 2. The van der Waals surface area contributed by atoms with Gasteiger partial charge in [-0.15, -0.1) is 0 Å². The number of carbonyl (C=O) groups is 1. The van der Waals surface area contributed by atoms with Crippen LogP contribution in [0.1, 0.15) is 49.3 Å². The molecule has 6 nitrogen and oxygen atoms in total. The number of guanidine groups is 1. The first kappa shape index (κ1) is 22.1. The maximum absolute atomic E-state index is 13.3. The second-order valence-electron chi connectivity index (χ2n) is 8.59. The minimum atomic E-state index is -0.332. The van der Waals surface area contributed by atoms with Gasteiger partial charge in [0.2, 0.25) is 5.91 Å². The highest BCUT2D eigenvalue weighted by molar-refractivity contribution is 5.81. The fraction of sp³-hybridized carbons (Fsp3) is 0.440. The first-order chi connectivity index (χ1) is 15.6. The number of rotatable bonds is 6. The van der Waals surface area contributed by atoms with Crippen LogP contribution in [0.25, 0.3) is 0 Å². The SMILES string of the molecule is CN=C(NCCNC(=O)Cc1cccc(F)c1)NC1CC2(CCCC2)Oc2ccccc21. The molecule has 3 N–H and O–H groups in total. The maximum atomic E-state index is 13.3. The fourth-order valence-corrected chi connectivity index (χ4v) is 4.71. The quantitative estimate of drug-likeness (QED) is 0.367. The zero-order valence-electron chi connectivity index (χ0n) is 18.5. The molecule has 170 valence electrons. The molecule has 2 aromatic rings. The summed E-state index contributed by atoms with van der Waals surface area (Å²) in [5, 5.41) is 9.69. The van der Waals surface area contributed by atoms with Gasteiger partial charge in [0.05, 0.1) is 12.5 Å². The van der Waals surface area contributed by atoms with Crippen molar-refractivity contribution in [1.82, 2.24) is 16.0 Å². The summed E-state index contributed by atoms with van der Waals surface area (Å²) in [6, 6.07) is 14.4. The van der Waals surface area contributed by atoms with Crippen LogP contribution in [0.15, 0.2) is 53.5 Å². The van der Waals surface area contributed by atoms with Gasteiger partial charge in [-0.25, -0.2) is 4.39 Å². The van der Waals surface area contributed by atoms with E-state index in [2.05, 4.69) is 27.0 Å². The normalized spacial score (nSPS) is 19.2. The summed E-state index contributed by atoms with van der Waals surface area (Å²) in [7, 11) is 1.74.